The molecule has 2 heterocycles. The highest BCUT2D eigenvalue weighted by Gasteiger charge is 2.44. The van der Waals surface area contributed by atoms with Crippen molar-refractivity contribution in [2.45, 2.75) is 44.2 Å². The molecule has 2 fully saturated rings. The van der Waals surface area contributed by atoms with E-state index in [4.69, 9.17) is 11.6 Å². The fraction of sp³-hybridized carbons (Fsp3) is 0.529. The number of amides is 2. The van der Waals surface area contributed by atoms with Crippen LogP contribution in [0.1, 0.15) is 32.1 Å². The van der Waals surface area contributed by atoms with Crippen molar-refractivity contribution >= 4 is 29.1 Å². The summed E-state index contributed by atoms with van der Waals surface area (Å²) in [5, 5.41) is 9.76. The lowest BCUT2D eigenvalue weighted by Crippen LogP contribution is -2.50. The van der Waals surface area contributed by atoms with E-state index in [0.29, 0.717) is 17.1 Å². The molecule has 2 amide bonds. The van der Waals surface area contributed by atoms with E-state index in [1.54, 1.807) is 24.3 Å². The first-order chi connectivity index (χ1) is 11.1. The Hall–Kier alpha value is -1.43. The first-order valence-electron chi connectivity index (χ1n) is 8.11. The highest BCUT2D eigenvalue weighted by Crippen LogP contribution is 2.31. The number of piperidine rings is 1. The lowest BCUT2D eigenvalue weighted by Gasteiger charge is -2.38. The van der Waals surface area contributed by atoms with Gasteiger partial charge in [-0.2, -0.15) is 0 Å². The monoisotopic (exact) mass is 336 g/mol. The van der Waals surface area contributed by atoms with Crippen molar-refractivity contribution in [2.75, 3.05) is 18.1 Å². The first kappa shape index (κ1) is 16.4. The second kappa shape index (κ2) is 6.99. The topological polar surface area (TPSA) is 60.9 Å². The molecule has 2 aliphatic heterocycles. The molecule has 1 aromatic carbocycles. The van der Waals surface area contributed by atoms with E-state index in [1.165, 1.54) is 4.90 Å². The van der Waals surface area contributed by atoms with Crippen LogP contribution >= 0.6 is 11.6 Å². The molecular formula is C17H21ClN2O3. The number of hydrogen-bond acceptors (Lipinski definition) is 4. The van der Waals surface area contributed by atoms with Crippen molar-refractivity contribution in [1.29, 1.82) is 0 Å². The predicted octanol–water partition coefficient (Wildman–Crippen LogP) is 2.21. The zero-order valence-electron chi connectivity index (χ0n) is 12.9. The number of benzene rings is 1. The van der Waals surface area contributed by atoms with Crippen molar-refractivity contribution in [1.82, 2.24) is 4.90 Å². The van der Waals surface area contributed by atoms with Gasteiger partial charge < -0.3 is 5.11 Å². The van der Waals surface area contributed by atoms with Gasteiger partial charge in [0.05, 0.1) is 18.2 Å². The SMILES string of the molecule is O=C1C[C@H](N2CCCC[C@H]2CCO)C(=O)N1c1cccc(Cl)c1. The molecule has 0 unspecified atom stereocenters. The average Bonchev–Trinajstić information content (AvgIpc) is 2.83. The van der Waals surface area contributed by atoms with Crippen molar-refractivity contribution in [3.05, 3.63) is 29.3 Å². The maximum atomic E-state index is 12.8. The van der Waals surface area contributed by atoms with E-state index in [-0.39, 0.29) is 30.9 Å². The van der Waals surface area contributed by atoms with Gasteiger partial charge in [0, 0.05) is 17.7 Å². The van der Waals surface area contributed by atoms with E-state index < -0.39 is 6.04 Å². The molecule has 5 nitrogen and oxygen atoms in total. The molecule has 0 spiro atoms. The number of rotatable bonds is 4. The van der Waals surface area contributed by atoms with Crippen LogP contribution in [0.15, 0.2) is 24.3 Å². The van der Waals surface area contributed by atoms with Gasteiger partial charge in [0.15, 0.2) is 0 Å². The Kier molecular flexibility index (Phi) is 4.99. The number of hydrogen-bond donors (Lipinski definition) is 1. The van der Waals surface area contributed by atoms with Crippen LogP contribution in [-0.4, -0.2) is 47.1 Å². The molecule has 0 aliphatic carbocycles. The number of imide groups is 1. The Balaban J connectivity index is 1.83. The van der Waals surface area contributed by atoms with Crippen LogP contribution in [0.2, 0.25) is 5.02 Å². The molecule has 124 valence electrons. The molecule has 6 heteroatoms. The highest BCUT2D eigenvalue weighted by atomic mass is 35.5. The lowest BCUT2D eigenvalue weighted by atomic mass is 9.97. The van der Waals surface area contributed by atoms with Crippen molar-refractivity contribution < 1.29 is 14.7 Å². The van der Waals surface area contributed by atoms with E-state index in [1.807, 2.05) is 0 Å². The molecule has 0 bridgehead atoms. The van der Waals surface area contributed by atoms with Gasteiger partial charge in [0.25, 0.3) is 5.91 Å². The number of aliphatic hydroxyl groups is 1. The summed E-state index contributed by atoms with van der Waals surface area (Å²) in [7, 11) is 0. The minimum absolute atomic E-state index is 0.105. The third-order valence-corrected chi connectivity index (χ3v) is 4.96. The molecule has 2 aliphatic rings. The van der Waals surface area contributed by atoms with E-state index in [9.17, 15) is 14.7 Å². The van der Waals surface area contributed by atoms with Gasteiger partial charge in [-0.3, -0.25) is 14.5 Å². The zero-order chi connectivity index (χ0) is 16.4. The summed E-state index contributed by atoms with van der Waals surface area (Å²) in [4.78, 5) is 28.6. The molecule has 0 radical (unpaired) electrons. The summed E-state index contributed by atoms with van der Waals surface area (Å²) in [5.41, 5.74) is 0.533. The van der Waals surface area contributed by atoms with Crippen LogP contribution in [0.4, 0.5) is 5.69 Å². The van der Waals surface area contributed by atoms with Gasteiger partial charge in [0.1, 0.15) is 0 Å². The predicted molar refractivity (Wildman–Crippen MR) is 88.4 cm³/mol. The van der Waals surface area contributed by atoms with Crippen LogP contribution in [0.5, 0.6) is 0 Å². The second-order valence-electron chi connectivity index (χ2n) is 6.17. The lowest BCUT2D eigenvalue weighted by molar-refractivity contribution is -0.123. The van der Waals surface area contributed by atoms with Crippen LogP contribution in [-0.2, 0) is 9.59 Å². The van der Waals surface area contributed by atoms with Gasteiger partial charge >= 0.3 is 0 Å². The van der Waals surface area contributed by atoms with Gasteiger partial charge in [-0.05, 0) is 44.0 Å². The number of carbonyl (C=O) groups is 2. The number of anilines is 1. The van der Waals surface area contributed by atoms with Crippen molar-refractivity contribution in [3.63, 3.8) is 0 Å². The molecule has 1 aromatic rings. The molecule has 0 aromatic heterocycles. The maximum absolute atomic E-state index is 12.8. The Morgan fingerprint density at radius 3 is 2.83 bits per heavy atom. The Labute approximate surface area is 140 Å². The number of halogens is 1. The number of aliphatic hydroxyl groups excluding tert-OH is 1. The summed E-state index contributed by atoms with van der Waals surface area (Å²) in [6.45, 7) is 0.909. The smallest absolute Gasteiger partial charge is 0.251 e. The van der Waals surface area contributed by atoms with Gasteiger partial charge in [0.2, 0.25) is 5.91 Å². The molecule has 2 saturated heterocycles. The molecule has 2 atom stereocenters. The summed E-state index contributed by atoms with van der Waals surface area (Å²) in [6.07, 6.45) is 3.95. The largest absolute Gasteiger partial charge is 0.396 e. The summed E-state index contributed by atoms with van der Waals surface area (Å²) < 4.78 is 0. The van der Waals surface area contributed by atoms with Crippen LogP contribution in [0, 0.1) is 0 Å². The number of nitrogens with zero attached hydrogens (tertiary/aromatic N) is 2. The fourth-order valence-electron chi connectivity index (χ4n) is 3.65. The number of carbonyl (C=O) groups excluding carboxylic acids is 2. The Morgan fingerprint density at radius 2 is 2.09 bits per heavy atom. The van der Waals surface area contributed by atoms with E-state index in [2.05, 4.69) is 4.90 Å². The molecule has 0 saturated carbocycles. The van der Waals surface area contributed by atoms with Gasteiger partial charge in [-0.25, -0.2) is 4.90 Å². The fourth-order valence-corrected chi connectivity index (χ4v) is 3.84. The zero-order valence-corrected chi connectivity index (χ0v) is 13.7. The third-order valence-electron chi connectivity index (χ3n) is 4.72. The van der Waals surface area contributed by atoms with Crippen LogP contribution in [0.25, 0.3) is 0 Å². The van der Waals surface area contributed by atoms with Gasteiger partial charge in [-0.1, -0.05) is 24.1 Å². The summed E-state index contributed by atoms with van der Waals surface area (Å²) >= 11 is 5.98. The normalized spacial score (nSPS) is 26.1. The van der Waals surface area contributed by atoms with Crippen LogP contribution in [0.3, 0.4) is 0 Å². The Bertz CT molecular complexity index is 605. The highest BCUT2D eigenvalue weighted by molar-refractivity contribution is 6.31. The Morgan fingerprint density at radius 1 is 1.26 bits per heavy atom. The maximum Gasteiger partial charge on any atom is 0.251 e. The number of likely N-dealkylation sites (tertiary alicyclic amines) is 1. The molecule has 1 N–H and O–H groups in total. The van der Waals surface area contributed by atoms with E-state index in [0.717, 1.165) is 25.8 Å². The van der Waals surface area contributed by atoms with Crippen molar-refractivity contribution in [2.24, 2.45) is 0 Å². The standard InChI is InChI=1S/C17H21ClN2O3/c18-12-4-3-6-14(10-12)20-16(22)11-15(17(20)23)19-8-2-1-5-13(19)7-9-21/h3-4,6,10,13,15,21H,1-2,5,7-9,11H2/t13-,15-/m0/s1. The molecular weight excluding hydrogens is 316 g/mol. The van der Waals surface area contributed by atoms with Crippen LogP contribution < -0.4 is 4.90 Å². The molecule has 23 heavy (non-hydrogen) atoms. The summed E-state index contributed by atoms with van der Waals surface area (Å²) in [5.74, 6) is -0.363. The second-order valence-corrected chi connectivity index (χ2v) is 6.60. The first-order valence-corrected chi connectivity index (χ1v) is 8.48. The van der Waals surface area contributed by atoms with Gasteiger partial charge in [-0.15, -0.1) is 0 Å². The summed E-state index contributed by atoms with van der Waals surface area (Å²) in [6, 6.07) is 6.58. The average molecular weight is 337 g/mol. The third kappa shape index (κ3) is 3.27. The van der Waals surface area contributed by atoms with E-state index >= 15 is 0 Å². The quantitative estimate of drug-likeness (QED) is 0.856. The molecule has 3 rings (SSSR count). The minimum atomic E-state index is -0.418. The minimum Gasteiger partial charge on any atom is -0.396 e. The van der Waals surface area contributed by atoms with Crippen molar-refractivity contribution in [3.8, 4) is 0 Å².